The fraction of sp³-hybridized carbons (Fsp3) is 0.500. The van der Waals surface area contributed by atoms with Crippen LogP contribution < -0.4 is 5.32 Å². The number of aromatic carboxylic acids is 1. The maximum absolute atomic E-state index is 10.8. The van der Waals surface area contributed by atoms with Crippen molar-refractivity contribution in [3.8, 4) is 0 Å². The second-order valence-corrected chi connectivity index (χ2v) is 4.97. The molecule has 16 heavy (non-hydrogen) atoms. The van der Waals surface area contributed by atoms with Gasteiger partial charge in [-0.25, -0.2) is 4.79 Å². The summed E-state index contributed by atoms with van der Waals surface area (Å²) in [6.45, 7) is 1.23. The molecule has 0 spiro atoms. The smallest absolute Gasteiger partial charge is 0.338 e. The van der Waals surface area contributed by atoms with Gasteiger partial charge in [0.2, 0.25) is 0 Å². The molecule has 1 heterocycles. The second-order valence-electron chi connectivity index (χ2n) is 3.41. The van der Waals surface area contributed by atoms with Gasteiger partial charge in [0, 0.05) is 22.8 Å². The Morgan fingerprint density at radius 3 is 2.94 bits per heavy atom. The lowest BCUT2D eigenvalue weighted by atomic mass is 10.3. The minimum Gasteiger partial charge on any atom is -0.478 e. The van der Waals surface area contributed by atoms with Crippen LogP contribution in [-0.4, -0.2) is 33.8 Å². The molecule has 1 aromatic rings. The topological polar surface area (TPSA) is 79.5 Å². The lowest BCUT2D eigenvalue weighted by Crippen LogP contribution is -2.16. The van der Waals surface area contributed by atoms with E-state index in [4.69, 9.17) is 9.52 Å². The highest BCUT2D eigenvalue weighted by Gasteiger charge is 2.07. The van der Waals surface area contributed by atoms with Gasteiger partial charge >= 0.3 is 5.97 Å². The molecule has 1 rings (SSSR count). The van der Waals surface area contributed by atoms with E-state index >= 15 is 0 Å². The van der Waals surface area contributed by atoms with Crippen molar-refractivity contribution >= 4 is 16.8 Å². The zero-order valence-corrected chi connectivity index (χ0v) is 9.88. The Balaban J connectivity index is 2.21. The predicted molar refractivity (Wildman–Crippen MR) is 60.9 cm³/mol. The van der Waals surface area contributed by atoms with Crippen LogP contribution in [0.15, 0.2) is 16.7 Å². The molecule has 0 aromatic carbocycles. The Kier molecular flexibility index (Phi) is 5.21. The molecular formula is C10H15NO4S. The van der Waals surface area contributed by atoms with Crippen LogP contribution in [0.1, 0.15) is 22.5 Å². The molecule has 6 heteroatoms. The van der Waals surface area contributed by atoms with Crippen LogP contribution in [0.5, 0.6) is 0 Å². The molecule has 0 saturated carbocycles. The SMILES string of the molecule is CS(=O)CCCNCc1cc(C(=O)O)co1. The van der Waals surface area contributed by atoms with Crippen LogP contribution in [-0.2, 0) is 17.3 Å². The van der Waals surface area contributed by atoms with Gasteiger partial charge in [-0.05, 0) is 19.0 Å². The van der Waals surface area contributed by atoms with Gasteiger partial charge in [-0.3, -0.25) is 4.21 Å². The number of nitrogens with one attached hydrogen (secondary N) is 1. The first-order chi connectivity index (χ1) is 7.59. The van der Waals surface area contributed by atoms with E-state index in [-0.39, 0.29) is 5.56 Å². The molecule has 1 aromatic heterocycles. The Bertz CT molecular complexity index is 375. The summed E-state index contributed by atoms with van der Waals surface area (Å²) in [5.41, 5.74) is 0.159. The molecule has 5 nitrogen and oxygen atoms in total. The minimum absolute atomic E-state index is 0.159. The number of carboxylic acids is 1. The minimum atomic E-state index is -0.989. The Labute approximate surface area is 96.3 Å². The van der Waals surface area contributed by atoms with Crippen LogP contribution >= 0.6 is 0 Å². The maximum atomic E-state index is 10.8. The molecule has 1 atom stereocenters. The number of carbonyl (C=O) groups is 1. The second kappa shape index (κ2) is 6.44. The molecule has 0 saturated heterocycles. The van der Waals surface area contributed by atoms with Gasteiger partial charge < -0.3 is 14.8 Å². The van der Waals surface area contributed by atoms with Gasteiger partial charge in [0.05, 0.1) is 12.1 Å². The van der Waals surface area contributed by atoms with Crippen molar-refractivity contribution in [2.45, 2.75) is 13.0 Å². The number of carboxylic acid groups (broad SMARTS) is 1. The lowest BCUT2D eigenvalue weighted by molar-refractivity contribution is 0.0696. The third kappa shape index (κ3) is 4.59. The molecule has 0 fully saturated rings. The highest BCUT2D eigenvalue weighted by molar-refractivity contribution is 7.84. The summed E-state index contributed by atoms with van der Waals surface area (Å²) < 4.78 is 15.8. The zero-order valence-electron chi connectivity index (χ0n) is 9.06. The van der Waals surface area contributed by atoms with E-state index in [1.807, 2.05) is 0 Å². The monoisotopic (exact) mass is 245 g/mol. The fourth-order valence-corrected chi connectivity index (χ4v) is 1.75. The average Bonchev–Trinajstić information content (AvgIpc) is 2.65. The number of rotatable bonds is 7. The largest absolute Gasteiger partial charge is 0.478 e. The summed E-state index contributed by atoms with van der Waals surface area (Å²) in [5.74, 6) is 0.275. The number of hydrogen-bond acceptors (Lipinski definition) is 4. The van der Waals surface area contributed by atoms with E-state index in [0.29, 0.717) is 18.1 Å². The third-order valence-corrected chi connectivity index (χ3v) is 2.85. The van der Waals surface area contributed by atoms with Gasteiger partial charge in [0.1, 0.15) is 12.0 Å². The predicted octanol–water partition coefficient (Wildman–Crippen LogP) is 0.836. The first kappa shape index (κ1) is 12.9. The summed E-state index contributed by atoms with van der Waals surface area (Å²) in [4.78, 5) is 10.6. The van der Waals surface area contributed by atoms with Gasteiger partial charge in [0.15, 0.2) is 0 Å². The van der Waals surface area contributed by atoms with E-state index in [2.05, 4.69) is 5.32 Å². The summed E-state index contributed by atoms with van der Waals surface area (Å²) in [6, 6.07) is 1.49. The lowest BCUT2D eigenvalue weighted by Gasteiger charge is -2.00. The summed E-state index contributed by atoms with van der Waals surface area (Å²) >= 11 is 0. The highest BCUT2D eigenvalue weighted by atomic mass is 32.2. The van der Waals surface area contributed by atoms with Crippen molar-refractivity contribution in [2.75, 3.05) is 18.6 Å². The van der Waals surface area contributed by atoms with Gasteiger partial charge in [0.25, 0.3) is 0 Å². The van der Waals surface area contributed by atoms with E-state index in [0.717, 1.165) is 13.0 Å². The van der Waals surface area contributed by atoms with E-state index in [1.165, 1.54) is 12.3 Å². The maximum Gasteiger partial charge on any atom is 0.338 e. The van der Waals surface area contributed by atoms with Crippen LogP contribution in [0, 0.1) is 0 Å². The van der Waals surface area contributed by atoms with E-state index < -0.39 is 16.8 Å². The molecule has 0 radical (unpaired) electrons. The first-order valence-corrected chi connectivity index (χ1v) is 6.64. The quantitative estimate of drug-likeness (QED) is 0.696. The van der Waals surface area contributed by atoms with Crippen LogP contribution in [0.25, 0.3) is 0 Å². The van der Waals surface area contributed by atoms with Crippen LogP contribution in [0.2, 0.25) is 0 Å². The van der Waals surface area contributed by atoms with Crippen LogP contribution in [0.3, 0.4) is 0 Å². The third-order valence-electron chi connectivity index (χ3n) is 1.99. The summed E-state index contributed by atoms with van der Waals surface area (Å²) in [7, 11) is -0.757. The van der Waals surface area contributed by atoms with E-state index in [9.17, 15) is 9.00 Å². The van der Waals surface area contributed by atoms with Crippen LogP contribution in [0.4, 0.5) is 0 Å². The molecule has 2 N–H and O–H groups in total. The van der Waals surface area contributed by atoms with Gasteiger partial charge in [-0.2, -0.15) is 0 Å². The average molecular weight is 245 g/mol. The molecule has 0 aliphatic rings. The van der Waals surface area contributed by atoms with Gasteiger partial charge in [-0.1, -0.05) is 0 Å². The van der Waals surface area contributed by atoms with Crippen molar-refractivity contribution in [1.29, 1.82) is 0 Å². The van der Waals surface area contributed by atoms with Crippen molar-refractivity contribution < 1.29 is 18.5 Å². The molecule has 0 aliphatic heterocycles. The molecule has 1 unspecified atom stereocenters. The normalized spacial score (nSPS) is 12.6. The standard InChI is InChI=1S/C10H15NO4S/c1-16(14)4-2-3-11-6-9-5-8(7-15-9)10(12)13/h5,7,11H,2-4,6H2,1H3,(H,12,13). The number of furan rings is 1. The fourth-order valence-electron chi connectivity index (χ4n) is 1.20. The van der Waals surface area contributed by atoms with Gasteiger partial charge in [-0.15, -0.1) is 0 Å². The van der Waals surface area contributed by atoms with Crippen molar-refractivity contribution in [2.24, 2.45) is 0 Å². The molecule has 90 valence electrons. The Morgan fingerprint density at radius 1 is 1.62 bits per heavy atom. The Hall–Kier alpha value is -1.14. The molecular weight excluding hydrogens is 230 g/mol. The summed E-state index contributed by atoms with van der Waals surface area (Å²) in [5, 5.41) is 11.7. The zero-order chi connectivity index (χ0) is 12.0. The van der Waals surface area contributed by atoms with Crippen molar-refractivity contribution in [3.63, 3.8) is 0 Å². The van der Waals surface area contributed by atoms with Crippen molar-refractivity contribution in [1.82, 2.24) is 5.32 Å². The first-order valence-electron chi connectivity index (χ1n) is 4.91. The number of hydrogen-bond donors (Lipinski definition) is 2. The highest BCUT2D eigenvalue weighted by Crippen LogP contribution is 2.07. The van der Waals surface area contributed by atoms with Crippen molar-refractivity contribution in [3.05, 3.63) is 23.7 Å². The molecule has 0 amide bonds. The Morgan fingerprint density at radius 2 is 2.38 bits per heavy atom. The van der Waals surface area contributed by atoms with E-state index in [1.54, 1.807) is 6.26 Å². The molecule has 0 aliphatic carbocycles. The summed E-state index contributed by atoms with van der Waals surface area (Å²) in [6.07, 6.45) is 3.72. The molecule has 0 bridgehead atoms.